The van der Waals surface area contributed by atoms with E-state index >= 15 is 0 Å². The summed E-state index contributed by atoms with van der Waals surface area (Å²) in [5.41, 5.74) is 7.56. The number of hydrogen-bond donors (Lipinski definition) is 3. The van der Waals surface area contributed by atoms with Gasteiger partial charge in [0.05, 0.1) is 12.6 Å². The molecule has 0 amide bonds. The van der Waals surface area contributed by atoms with Crippen LogP contribution >= 0.6 is 0 Å². The lowest BCUT2D eigenvalue weighted by Crippen LogP contribution is -2.43. The van der Waals surface area contributed by atoms with Gasteiger partial charge in [-0.15, -0.1) is 0 Å². The summed E-state index contributed by atoms with van der Waals surface area (Å²) in [5.74, 6) is 0.299. The normalized spacial score (nSPS) is 19.5. The zero-order valence-electron chi connectivity index (χ0n) is 11.4. The first-order valence-corrected chi connectivity index (χ1v) is 6.69. The van der Waals surface area contributed by atoms with Gasteiger partial charge >= 0.3 is 0 Å². The Morgan fingerprint density at radius 1 is 1.26 bits per heavy atom. The Hall–Kier alpha value is -1.14. The average molecular weight is 265 g/mol. The Bertz CT molecular complexity index is 417. The highest BCUT2D eigenvalue weighted by Crippen LogP contribution is 2.23. The van der Waals surface area contributed by atoms with Crippen LogP contribution in [0.1, 0.15) is 17.2 Å². The molecular weight excluding hydrogens is 242 g/mol. The lowest BCUT2D eigenvalue weighted by atomic mass is 10.0. The summed E-state index contributed by atoms with van der Waals surface area (Å²) >= 11 is 0. The van der Waals surface area contributed by atoms with E-state index in [0.29, 0.717) is 5.75 Å². The molecule has 0 bridgehead atoms. The third kappa shape index (κ3) is 3.67. The predicted molar refractivity (Wildman–Crippen MR) is 74.9 cm³/mol. The van der Waals surface area contributed by atoms with Crippen LogP contribution in [0.25, 0.3) is 0 Å². The van der Waals surface area contributed by atoms with Crippen LogP contribution in [0.15, 0.2) is 18.2 Å². The van der Waals surface area contributed by atoms with Gasteiger partial charge in [-0.25, -0.2) is 0 Å². The van der Waals surface area contributed by atoms with Crippen molar-refractivity contribution in [2.75, 3.05) is 39.8 Å². The van der Waals surface area contributed by atoms with E-state index in [9.17, 15) is 5.11 Å². The van der Waals surface area contributed by atoms with Crippen LogP contribution in [0, 0.1) is 0 Å². The number of rotatable bonds is 4. The standard InChI is InChI=1S/C14H23N3O2/c1-16-4-6-17(7-5-16)9-12-8-11(13(15)10-18)2-3-14(12)19/h2-3,8,13,18-19H,4-7,9-10,15H2,1H3/t13-/m1/s1. The van der Waals surface area contributed by atoms with Gasteiger partial charge in [0.2, 0.25) is 0 Å². The van der Waals surface area contributed by atoms with Crippen molar-refractivity contribution in [2.24, 2.45) is 5.73 Å². The number of nitrogens with zero attached hydrogens (tertiary/aromatic N) is 2. The van der Waals surface area contributed by atoms with Crippen molar-refractivity contribution in [3.05, 3.63) is 29.3 Å². The highest BCUT2D eigenvalue weighted by Gasteiger charge is 2.16. The molecule has 0 saturated carbocycles. The number of piperazine rings is 1. The Labute approximate surface area is 114 Å². The Balaban J connectivity index is 2.06. The molecular formula is C14H23N3O2. The molecule has 0 spiro atoms. The molecule has 1 atom stereocenters. The summed E-state index contributed by atoms with van der Waals surface area (Å²) in [4.78, 5) is 4.62. The molecule has 1 fully saturated rings. The molecule has 1 aromatic rings. The van der Waals surface area contributed by atoms with Crippen molar-refractivity contribution in [1.29, 1.82) is 0 Å². The van der Waals surface area contributed by atoms with Gasteiger partial charge in [0, 0.05) is 38.3 Å². The molecule has 0 radical (unpaired) electrons. The van der Waals surface area contributed by atoms with E-state index in [0.717, 1.165) is 43.9 Å². The van der Waals surface area contributed by atoms with E-state index in [1.807, 2.05) is 6.07 Å². The maximum atomic E-state index is 9.93. The molecule has 1 saturated heterocycles. The second kappa shape index (κ2) is 6.34. The van der Waals surface area contributed by atoms with Crippen molar-refractivity contribution in [3.8, 4) is 5.75 Å². The quantitative estimate of drug-likeness (QED) is 0.722. The minimum Gasteiger partial charge on any atom is -0.508 e. The van der Waals surface area contributed by atoms with Crippen molar-refractivity contribution in [3.63, 3.8) is 0 Å². The Kier molecular flexibility index (Phi) is 4.76. The zero-order chi connectivity index (χ0) is 13.8. The van der Waals surface area contributed by atoms with E-state index in [-0.39, 0.29) is 12.6 Å². The molecule has 5 nitrogen and oxygen atoms in total. The van der Waals surface area contributed by atoms with Crippen LogP contribution in [0.2, 0.25) is 0 Å². The summed E-state index contributed by atoms with van der Waals surface area (Å²) in [6.07, 6.45) is 0. The number of likely N-dealkylation sites (N-methyl/N-ethyl adjacent to an activating group) is 1. The van der Waals surface area contributed by atoms with E-state index in [2.05, 4.69) is 16.8 Å². The average Bonchev–Trinajstić information content (AvgIpc) is 2.43. The van der Waals surface area contributed by atoms with Gasteiger partial charge in [0.15, 0.2) is 0 Å². The maximum Gasteiger partial charge on any atom is 0.120 e. The second-order valence-electron chi connectivity index (χ2n) is 5.26. The van der Waals surface area contributed by atoms with E-state index in [1.54, 1.807) is 12.1 Å². The number of aliphatic hydroxyl groups excluding tert-OH is 1. The minimum absolute atomic E-state index is 0.0846. The molecule has 19 heavy (non-hydrogen) atoms. The van der Waals surface area contributed by atoms with Crippen molar-refractivity contribution < 1.29 is 10.2 Å². The number of nitrogens with two attached hydrogens (primary N) is 1. The summed E-state index contributed by atoms with van der Waals surface area (Å²) in [6.45, 7) is 4.76. The molecule has 2 rings (SSSR count). The predicted octanol–water partition coefficient (Wildman–Crippen LogP) is 0.132. The van der Waals surface area contributed by atoms with E-state index in [1.165, 1.54) is 0 Å². The fourth-order valence-electron chi connectivity index (χ4n) is 2.32. The van der Waals surface area contributed by atoms with Crippen LogP contribution in [0.4, 0.5) is 0 Å². The highest BCUT2D eigenvalue weighted by atomic mass is 16.3. The topological polar surface area (TPSA) is 73.0 Å². The molecule has 1 aliphatic heterocycles. The molecule has 1 aliphatic rings. The number of phenols is 1. The Morgan fingerprint density at radius 2 is 1.95 bits per heavy atom. The largest absolute Gasteiger partial charge is 0.508 e. The molecule has 5 heteroatoms. The van der Waals surface area contributed by atoms with Gasteiger partial charge in [0.1, 0.15) is 5.75 Å². The first kappa shape index (κ1) is 14.3. The smallest absolute Gasteiger partial charge is 0.120 e. The first-order valence-electron chi connectivity index (χ1n) is 6.69. The molecule has 0 aromatic heterocycles. The van der Waals surface area contributed by atoms with Gasteiger partial charge < -0.3 is 20.8 Å². The molecule has 1 heterocycles. The maximum absolute atomic E-state index is 9.93. The van der Waals surface area contributed by atoms with Gasteiger partial charge in [0.25, 0.3) is 0 Å². The van der Waals surface area contributed by atoms with Gasteiger partial charge in [-0.05, 0) is 24.7 Å². The van der Waals surface area contributed by atoms with Crippen LogP contribution in [0.5, 0.6) is 5.75 Å². The van der Waals surface area contributed by atoms with Crippen LogP contribution < -0.4 is 5.73 Å². The fourth-order valence-corrected chi connectivity index (χ4v) is 2.32. The van der Waals surface area contributed by atoms with Gasteiger partial charge in [-0.1, -0.05) is 6.07 Å². The summed E-state index contributed by atoms with van der Waals surface area (Å²) in [5, 5.41) is 19.0. The first-order chi connectivity index (χ1) is 9.10. The van der Waals surface area contributed by atoms with Gasteiger partial charge in [-0.2, -0.15) is 0 Å². The summed E-state index contributed by atoms with van der Waals surface area (Å²) in [7, 11) is 2.12. The second-order valence-corrected chi connectivity index (χ2v) is 5.26. The summed E-state index contributed by atoms with van der Waals surface area (Å²) < 4.78 is 0. The van der Waals surface area contributed by atoms with Crippen LogP contribution in [-0.2, 0) is 6.54 Å². The highest BCUT2D eigenvalue weighted by molar-refractivity contribution is 5.37. The minimum atomic E-state index is -0.383. The fraction of sp³-hybridized carbons (Fsp3) is 0.571. The zero-order valence-corrected chi connectivity index (χ0v) is 11.4. The number of hydrogen-bond acceptors (Lipinski definition) is 5. The lowest BCUT2D eigenvalue weighted by Gasteiger charge is -2.32. The number of aliphatic hydroxyl groups is 1. The molecule has 4 N–H and O–H groups in total. The lowest BCUT2D eigenvalue weighted by molar-refractivity contribution is 0.147. The van der Waals surface area contributed by atoms with Crippen molar-refractivity contribution in [1.82, 2.24) is 9.80 Å². The summed E-state index contributed by atoms with van der Waals surface area (Å²) in [6, 6.07) is 4.95. The van der Waals surface area contributed by atoms with Crippen molar-refractivity contribution in [2.45, 2.75) is 12.6 Å². The SMILES string of the molecule is CN1CCN(Cc2cc([C@H](N)CO)ccc2O)CC1. The van der Waals surface area contributed by atoms with Crippen LogP contribution in [0.3, 0.4) is 0 Å². The monoisotopic (exact) mass is 265 g/mol. The number of benzene rings is 1. The molecule has 1 aromatic carbocycles. The molecule has 106 valence electrons. The Morgan fingerprint density at radius 3 is 2.58 bits per heavy atom. The van der Waals surface area contributed by atoms with Crippen molar-refractivity contribution >= 4 is 0 Å². The number of aromatic hydroxyl groups is 1. The van der Waals surface area contributed by atoms with E-state index in [4.69, 9.17) is 10.8 Å². The van der Waals surface area contributed by atoms with Gasteiger partial charge in [-0.3, -0.25) is 4.90 Å². The molecule has 0 aliphatic carbocycles. The van der Waals surface area contributed by atoms with Crippen LogP contribution in [-0.4, -0.2) is 59.8 Å². The third-order valence-electron chi connectivity index (χ3n) is 3.72. The number of phenolic OH excluding ortho intramolecular Hbond substituents is 1. The molecule has 0 unspecified atom stereocenters. The van der Waals surface area contributed by atoms with E-state index < -0.39 is 0 Å². The third-order valence-corrected chi connectivity index (χ3v) is 3.72.